The van der Waals surface area contributed by atoms with E-state index in [2.05, 4.69) is 24.1 Å². The summed E-state index contributed by atoms with van der Waals surface area (Å²) in [6.07, 6.45) is 0.615. The normalized spacial score (nSPS) is 9.90. The predicted molar refractivity (Wildman–Crippen MR) is 40.9 cm³/mol. The first-order chi connectivity index (χ1) is 4.85. The lowest BCUT2D eigenvalue weighted by molar-refractivity contribution is -0.109. The zero-order chi connectivity index (χ0) is 7.82. The quantitative estimate of drug-likeness (QED) is 0.390. The molecule has 59 valence electrons. The molecule has 0 N–H and O–H groups in total. The lowest BCUT2D eigenvalue weighted by Crippen LogP contribution is -2.28. The van der Waals surface area contributed by atoms with Gasteiger partial charge in [-0.3, -0.25) is 10.1 Å². The molecule has 0 spiro atoms. The van der Waals surface area contributed by atoms with Crippen LogP contribution in [0.4, 0.5) is 0 Å². The fourth-order valence-electron chi connectivity index (χ4n) is 0.792. The molecule has 1 radical (unpaired) electrons. The van der Waals surface area contributed by atoms with Gasteiger partial charge < -0.3 is 4.90 Å². The number of likely N-dealkylation sites (N-methyl/N-ethyl adjacent to an activating group) is 1. The second-order valence-corrected chi connectivity index (χ2v) is 2.04. The van der Waals surface area contributed by atoms with Crippen LogP contribution in [0.3, 0.4) is 0 Å². The molecular formula is C7H15N2O. The van der Waals surface area contributed by atoms with Gasteiger partial charge in [0.25, 0.3) is 0 Å². The van der Waals surface area contributed by atoms with Crippen molar-refractivity contribution in [2.45, 2.75) is 13.8 Å². The lowest BCUT2D eigenvalue weighted by Gasteiger charge is -2.16. The van der Waals surface area contributed by atoms with Crippen LogP contribution in [0.5, 0.6) is 0 Å². The summed E-state index contributed by atoms with van der Waals surface area (Å²) in [7, 11) is 0. The molecule has 0 aliphatic carbocycles. The van der Waals surface area contributed by atoms with Gasteiger partial charge in [-0.05, 0) is 13.1 Å². The molecular weight excluding hydrogens is 128 g/mol. The standard InChI is InChI=1S/C7H15N2O/c1-3-9(4-2)6-5-8-7-10/h7H,3-6H2,1-2H3. The van der Waals surface area contributed by atoms with E-state index in [0.717, 1.165) is 19.6 Å². The highest BCUT2D eigenvalue weighted by atomic mass is 16.1. The molecule has 0 fully saturated rings. The van der Waals surface area contributed by atoms with E-state index in [1.54, 1.807) is 0 Å². The third kappa shape index (κ3) is 4.32. The smallest absolute Gasteiger partial charge is 0.228 e. The average Bonchev–Trinajstić information content (AvgIpc) is 1.99. The molecule has 0 aromatic carbocycles. The Balaban J connectivity index is 3.16. The van der Waals surface area contributed by atoms with Gasteiger partial charge in [-0.15, -0.1) is 0 Å². The molecule has 1 amide bonds. The van der Waals surface area contributed by atoms with Crippen LogP contribution in [-0.4, -0.2) is 37.5 Å². The van der Waals surface area contributed by atoms with Crippen LogP contribution in [0, 0.1) is 0 Å². The summed E-state index contributed by atoms with van der Waals surface area (Å²) in [5.41, 5.74) is 0. The molecule has 3 nitrogen and oxygen atoms in total. The van der Waals surface area contributed by atoms with Crippen molar-refractivity contribution in [3.8, 4) is 0 Å². The van der Waals surface area contributed by atoms with E-state index in [4.69, 9.17) is 0 Å². The molecule has 0 aliphatic heterocycles. The van der Waals surface area contributed by atoms with Gasteiger partial charge in [-0.2, -0.15) is 0 Å². The Kier molecular flexibility index (Phi) is 6.18. The van der Waals surface area contributed by atoms with E-state index >= 15 is 0 Å². The first-order valence-electron chi connectivity index (χ1n) is 3.67. The fraction of sp³-hybridized carbons (Fsp3) is 0.857. The number of amides is 1. The van der Waals surface area contributed by atoms with E-state index in [0.29, 0.717) is 13.0 Å². The lowest BCUT2D eigenvalue weighted by atomic mass is 10.5. The summed E-state index contributed by atoms with van der Waals surface area (Å²) < 4.78 is 0. The molecule has 0 aliphatic rings. The Bertz CT molecular complexity index is 81.7. The van der Waals surface area contributed by atoms with Crippen LogP contribution < -0.4 is 5.32 Å². The van der Waals surface area contributed by atoms with Gasteiger partial charge in [0.15, 0.2) is 0 Å². The van der Waals surface area contributed by atoms with Gasteiger partial charge in [0.2, 0.25) is 6.41 Å². The maximum atomic E-state index is 9.78. The van der Waals surface area contributed by atoms with Crippen LogP contribution in [0.15, 0.2) is 0 Å². The van der Waals surface area contributed by atoms with E-state index in [-0.39, 0.29) is 0 Å². The molecule has 0 aromatic heterocycles. The summed E-state index contributed by atoms with van der Waals surface area (Å²) in [6.45, 7) is 7.79. The number of hydrogen-bond donors (Lipinski definition) is 0. The second-order valence-electron chi connectivity index (χ2n) is 2.04. The minimum atomic E-state index is 0.615. The van der Waals surface area contributed by atoms with E-state index < -0.39 is 0 Å². The van der Waals surface area contributed by atoms with Gasteiger partial charge in [-0.1, -0.05) is 13.8 Å². The van der Waals surface area contributed by atoms with Crippen molar-refractivity contribution < 1.29 is 4.79 Å². The highest BCUT2D eigenvalue weighted by molar-refractivity contribution is 5.45. The van der Waals surface area contributed by atoms with Crippen molar-refractivity contribution in [2.24, 2.45) is 0 Å². The van der Waals surface area contributed by atoms with Crippen LogP contribution in [0.2, 0.25) is 0 Å². The van der Waals surface area contributed by atoms with Crippen molar-refractivity contribution in [2.75, 3.05) is 26.2 Å². The monoisotopic (exact) mass is 143 g/mol. The molecule has 0 saturated carbocycles. The van der Waals surface area contributed by atoms with Crippen LogP contribution in [0.1, 0.15) is 13.8 Å². The van der Waals surface area contributed by atoms with Crippen molar-refractivity contribution in [3.05, 3.63) is 0 Å². The second kappa shape index (κ2) is 6.55. The van der Waals surface area contributed by atoms with E-state index in [1.807, 2.05) is 0 Å². The predicted octanol–water partition coefficient (Wildman–Crippen LogP) is 0.0890. The van der Waals surface area contributed by atoms with Gasteiger partial charge >= 0.3 is 0 Å². The molecule has 0 unspecified atom stereocenters. The summed E-state index contributed by atoms with van der Waals surface area (Å²) in [4.78, 5) is 12.0. The minimum Gasteiger partial charge on any atom is -0.302 e. The number of carbonyl (C=O) groups is 1. The Labute approximate surface area is 62.4 Å². The van der Waals surface area contributed by atoms with Crippen molar-refractivity contribution in [3.63, 3.8) is 0 Å². The van der Waals surface area contributed by atoms with Crippen LogP contribution >= 0.6 is 0 Å². The van der Waals surface area contributed by atoms with Crippen LogP contribution in [0.25, 0.3) is 0 Å². The van der Waals surface area contributed by atoms with Crippen molar-refractivity contribution >= 4 is 6.41 Å². The molecule has 0 saturated heterocycles. The average molecular weight is 143 g/mol. The minimum absolute atomic E-state index is 0.615. The summed E-state index contributed by atoms with van der Waals surface area (Å²) in [5.74, 6) is 0. The van der Waals surface area contributed by atoms with Gasteiger partial charge in [0.1, 0.15) is 0 Å². The van der Waals surface area contributed by atoms with Crippen LogP contribution in [-0.2, 0) is 4.79 Å². The molecule has 3 heteroatoms. The van der Waals surface area contributed by atoms with E-state index in [9.17, 15) is 4.79 Å². The number of hydrogen-bond acceptors (Lipinski definition) is 2. The highest BCUT2D eigenvalue weighted by Gasteiger charge is 1.96. The highest BCUT2D eigenvalue weighted by Crippen LogP contribution is 1.83. The Morgan fingerprint density at radius 2 is 2.00 bits per heavy atom. The first-order valence-corrected chi connectivity index (χ1v) is 3.67. The largest absolute Gasteiger partial charge is 0.302 e. The molecule has 0 rings (SSSR count). The summed E-state index contributed by atoms with van der Waals surface area (Å²) >= 11 is 0. The van der Waals surface area contributed by atoms with Crippen molar-refractivity contribution in [1.82, 2.24) is 10.2 Å². The Morgan fingerprint density at radius 1 is 1.40 bits per heavy atom. The zero-order valence-electron chi connectivity index (χ0n) is 6.71. The third-order valence-corrected chi connectivity index (χ3v) is 1.51. The topological polar surface area (TPSA) is 34.4 Å². The molecule has 10 heavy (non-hydrogen) atoms. The third-order valence-electron chi connectivity index (χ3n) is 1.51. The summed E-state index contributed by atoms with van der Waals surface area (Å²) in [6, 6.07) is 0. The number of rotatable bonds is 6. The van der Waals surface area contributed by atoms with Crippen molar-refractivity contribution in [1.29, 1.82) is 0 Å². The Morgan fingerprint density at radius 3 is 2.40 bits per heavy atom. The molecule has 0 aromatic rings. The van der Waals surface area contributed by atoms with Gasteiger partial charge in [-0.25, -0.2) is 0 Å². The Hall–Kier alpha value is -0.570. The summed E-state index contributed by atoms with van der Waals surface area (Å²) in [5, 5.41) is 3.59. The fourth-order valence-corrected chi connectivity index (χ4v) is 0.792. The molecule has 0 heterocycles. The zero-order valence-corrected chi connectivity index (χ0v) is 6.71. The molecule has 0 bridgehead atoms. The van der Waals surface area contributed by atoms with Gasteiger partial charge in [0, 0.05) is 6.54 Å². The maximum absolute atomic E-state index is 9.78. The van der Waals surface area contributed by atoms with E-state index in [1.165, 1.54) is 0 Å². The maximum Gasteiger partial charge on any atom is 0.228 e. The van der Waals surface area contributed by atoms with Gasteiger partial charge in [0.05, 0.1) is 6.54 Å². The number of nitrogens with zero attached hydrogens (tertiary/aromatic N) is 2. The number of carbonyl (C=O) groups excluding carboxylic acids is 1. The first kappa shape index (κ1) is 9.43. The molecule has 0 atom stereocenters. The SMILES string of the molecule is CCN(CC)CC[N]C=O.